The maximum atomic E-state index is 13.1. The molecule has 0 amide bonds. The molecule has 0 aromatic carbocycles. The van der Waals surface area contributed by atoms with E-state index in [2.05, 4.69) is 58.9 Å². The van der Waals surface area contributed by atoms with Crippen LogP contribution in [0.1, 0.15) is 394 Å². The summed E-state index contributed by atoms with van der Waals surface area (Å²) in [4.78, 5) is 72.9. The molecule has 0 aromatic heterocycles. The maximum Gasteiger partial charge on any atom is 0.472 e. The molecular weight excluding hydrogens is 1280 g/mol. The molecule has 0 fully saturated rings. The summed E-state index contributed by atoms with van der Waals surface area (Å²) in [6.45, 7) is 7.22. The summed E-state index contributed by atoms with van der Waals surface area (Å²) in [6, 6.07) is 0. The molecule has 0 aliphatic rings. The van der Waals surface area contributed by atoms with E-state index in [0.717, 1.165) is 115 Å². The SMILES string of the molecule is CCCCCC/C=C\C=C/CCCCCCCC(=O)OC[C@H](COP(=O)(O)OC[C@@H](O)COP(=O)(O)OC[C@@H](COC(=O)CCCCCCCCCCC(C)C)OC(=O)CCCCCCCCCCCCCCCCC)OC(=O)CCCCCCCCCCCCCCCCCCC. The van der Waals surface area contributed by atoms with Crippen molar-refractivity contribution in [1.29, 1.82) is 0 Å². The Morgan fingerprint density at radius 3 is 0.837 bits per heavy atom. The van der Waals surface area contributed by atoms with E-state index in [0.29, 0.717) is 25.7 Å². The quantitative estimate of drug-likeness (QED) is 0.0169. The van der Waals surface area contributed by atoms with Crippen LogP contribution in [0.3, 0.4) is 0 Å². The van der Waals surface area contributed by atoms with E-state index in [1.54, 1.807) is 0 Å². The van der Waals surface area contributed by atoms with Gasteiger partial charge in [-0.2, -0.15) is 0 Å². The van der Waals surface area contributed by atoms with Gasteiger partial charge in [0.2, 0.25) is 0 Å². The summed E-state index contributed by atoms with van der Waals surface area (Å²) in [5.74, 6) is -1.41. The van der Waals surface area contributed by atoms with E-state index in [4.69, 9.17) is 37.0 Å². The standard InChI is InChI=1S/C79H150O17P2/c1-6-9-12-15-18-21-24-27-30-31-34-37-40-43-50-55-60-65-78(83)95-74(68-89-76(81)62-57-52-47-41-38-35-32-28-25-22-19-16-13-10-7-2)70-93-97(85,86)91-66-73(80)67-92-98(87,88)94-71-75(69-90-77(82)63-58-53-48-45-44-46-51-56-61-72(4)5)96-79(84)64-59-54-49-42-39-36-33-29-26-23-20-17-14-11-8-3/h22,25,28,32,72-75,80H,6-21,23-24,26-27,29-31,33-71H2,1-5H3,(H,85,86)(H,87,88)/b25-22-,32-28-/t73-,74-,75-/m1/s1. The van der Waals surface area contributed by atoms with Crippen LogP contribution in [0.5, 0.6) is 0 Å². The molecule has 19 heteroatoms. The van der Waals surface area contributed by atoms with E-state index >= 15 is 0 Å². The topological polar surface area (TPSA) is 237 Å². The molecule has 578 valence electrons. The number of hydrogen-bond acceptors (Lipinski definition) is 15. The van der Waals surface area contributed by atoms with Crippen molar-refractivity contribution in [1.82, 2.24) is 0 Å². The maximum absolute atomic E-state index is 13.1. The molecular formula is C79H150O17P2. The summed E-state index contributed by atoms with van der Waals surface area (Å²) in [7, 11) is -9.93. The normalized spacial score (nSPS) is 14.1. The van der Waals surface area contributed by atoms with Gasteiger partial charge in [0, 0.05) is 25.7 Å². The Balaban J connectivity index is 5.29. The van der Waals surface area contributed by atoms with Crippen LogP contribution < -0.4 is 0 Å². The lowest BCUT2D eigenvalue weighted by molar-refractivity contribution is -0.161. The molecule has 0 radical (unpaired) electrons. The Hall–Kier alpha value is -2.46. The Kier molecular flexibility index (Phi) is 69.7. The first kappa shape index (κ1) is 95.5. The Morgan fingerprint density at radius 1 is 0.316 bits per heavy atom. The van der Waals surface area contributed by atoms with E-state index in [1.807, 2.05) is 0 Å². The predicted octanol–water partition coefficient (Wildman–Crippen LogP) is 23.2. The third kappa shape index (κ3) is 71.9. The third-order valence-electron chi connectivity index (χ3n) is 17.9. The lowest BCUT2D eigenvalue weighted by Gasteiger charge is -2.21. The van der Waals surface area contributed by atoms with Crippen LogP contribution in [0.4, 0.5) is 0 Å². The number of phosphoric acid groups is 2. The number of aliphatic hydroxyl groups is 1. The van der Waals surface area contributed by atoms with Gasteiger partial charge in [0.15, 0.2) is 12.2 Å². The van der Waals surface area contributed by atoms with Gasteiger partial charge >= 0.3 is 39.5 Å². The van der Waals surface area contributed by atoms with Crippen LogP contribution in [0.25, 0.3) is 0 Å². The number of ether oxygens (including phenoxy) is 4. The average molecular weight is 1430 g/mol. The Labute approximate surface area is 599 Å². The molecule has 3 N–H and O–H groups in total. The van der Waals surface area contributed by atoms with Crippen molar-refractivity contribution < 1.29 is 80.2 Å². The van der Waals surface area contributed by atoms with Crippen molar-refractivity contribution in [2.75, 3.05) is 39.6 Å². The lowest BCUT2D eigenvalue weighted by atomic mass is 10.0. The summed E-state index contributed by atoms with van der Waals surface area (Å²) < 4.78 is 68.6. The number of hydrogen-bond donors (Lipinski definition) is 3. The van der Waals surface area contributed by atoms with Gasteiger partial charge in [-0.15, -0.1) is 0 Å². The van der Waals surface area contributed by atoms with E-state index in [9.17, 15) is 43.2 Å². The number of phosphoric ester groups is 2. The largest absolute Gasteiger partial charge is 0.472 e. The summed E-state index contributed by atoms with van der Waals surface area (Å²) >= 11 is 0. The minimum Gasteiger partial charge on any atom is -0.462 e. The molecule has 17 nitrogen and oxygen atoms in total. The molecule has 0 aliphatic heterocycles. The number of rotatable bonds is 77. The van der Waals surface area contributed by atoms with Gasteiger partial charge in [0.1, 0.15) is 19.3 Å². The molecule has 0 bridgehead atoms. The fourth-order valence-electron chi connectivity index (χ4n) is 11.7. The van der Waals surface area contributed by atoms with E-state index < -0.39 is 97.5 Å². The molecule has 0 saturated heterocycles. The summed E-state index contributed by atoms with van der Waals surface area (Å²) in [5, 5.41) is 10.6. The van der Waals surface area contributed by atoms with Gasteiger partial charge in [0.25, 0.3) is 0 Å². The second-order valence-electron chi connectivity index (χ2n) is 28.2. The number of carbonyl (C=O) groups is 4. The Bertz CT molecular complexity index is 1970. The minimum atomic E-state index is -4.97. The van der Waals surface area contributed by atoms with E-state index in [1.165, 1.54) is 199 Å². The zero-order valence-corrected chi connectivity index (χ0v) is 65.2. The van der Waals surface area contributed by atoms with Crippen LogP contribution in [0, 0.1) is 5.92 Å². The van der Waals surface area contributed by atoms with E-state index in [-0.39, 0.29) is 25.7 Å². The van der Waals surface area contributed by atoms with Gasteiger partial charge in [0.05, 0.1) is 26.4 Å². The van der Waals surface area contributed by atoms with Crippen LogP contribution in [0.2, 0.25) is 0 Å². The first-order valence-corrected chi connectivity index (χ1v) is 43.4. The van der Waals surface area contributed by atoms with Crippen molar-refractivity contribution in [3.63, 3.8) is 0 Å². The van der Waals surface area contributed by atoms with Crippen molar-refractivity contribution in [2.45, 2.75) is 412 Å². The molecule has 0 saturated carbocycles. The van der Waals surface area contributed by atoms with Gasteiger partial charge < -0.3 is 33.8 Å². The monoisotopic (exact) mass is 1430 g/mol. The zero-order valence-electron chi connectivity index (χ0n) is 63.4. The first-order valence-electron chi connectivity index (χ1n) is 40.5. The van der Waals surface area contributed by atoms with Gasteiger partial charge in [-0.1, -0.05) is 341 Å². The molecule has 0 heterocycles. The number of aliphatic hydroxyl groups excluding tert-OH is 1. The lowest BCUT2D eigenvalue weighted by Crippen LogP contribution is -2.30. The van der Waals surface area contributed by atoms with Crippen molar-refractivity contribution in [3.8, 4) is 0 Å². The first-order chi connectivity index (χ1) is 47.5. The average Bonchev–Trinajstić information content (AvgIpc) is 1.03. The highest BCUT2D eigenvalue weighted by atomic mass is 31.2. The molecule has 0 rings (SSSR count). The fourth-order valence-corrected chi connectivity index (χ4v) is 13.3. The number of carbonyl (C=O) groups excluding carboxylic acids is 4. The van der Waals surface area contributed by atoms with Crippen molar-refractivity contribution in [3.05, 3.63) is 24.3 Å². The smallest absolute Gasteiger partial charge is 0.462 e. The van der Waals surface area contributed by atoms with Crippen molar-refractivity contribution >= 4 is 39.5 Å². The van der Waals surface area contributed by atoms with Gasteiger partial charge in [-0.05, 0) is 57.3 Å². The highest BCUT2D eigenvalue weighted by Gasteiger charge is 2.30. The highest BCUT2D eigenvalue weighted by molar-refractivity contribution is 7.47. The summed E-state index contributed by atoms with van der Waals surface area (Å²) in [5.41, 5.74) is 0. The molecule has 5 atom stereocenters. The molecule has 0 aromatic rings. The van der Waals surface area contributed by atoms with Crippen LogP contribution in [0.15, 0.2) is 24.3 Å². The summed E-state index contributed by atoms with van der Waals surface area (Å²) in [6.07, 6.45) is 64.6. The number of esters is 4. The second-order valence-corrected chi connectivity index (χ2v) is 31.2. The zero-order chi connectivity index (χ0) is 71.9. The minimum absolute atomic E-state index is 0.102. The highest BCUT2D eigenvalue weighted by Crippen LogP contribution is 2.45. The number of allylic oxidation sites excluding steroid dienone is 4. The molecule has 2 unspecified atom stereocenters. The fraction of sp³-hybridized carbons (Fsp3) is 0.899. The predicted molar refractivity (Wildman–Crippen MR) is 400 cm³/mol. The Morgan fingerprint density at radius 2 is 0.551 bits per heavy atom. The van der Waals surface area contributed by atoms with Crippen LogP contribution in [-0.4, -0.2) is 96.7 Å². The molecule has 0 spiro atoms. The van der Waals surface area contributed by atoms with Crippen LogP contribution in [-0.2, 0) is 65.4 Å². The van der Waals surface area contributed by atoms with Crippen molar-refractivity contribution in [2.24, 2.45) is 5.92 Å². The third-order valence-corrected chi connectivity index (χ3v) is 19.8. The van der Waals surface area contributed by atoms with Gasteiger partial charge in [-0.3, -0.25) is 37.3 Å². The second kappa shape index (κ2) is 71.5. The van der Waals surface area contributed by atoms with Gasteiger partial charge in [-0.25, -0.2) is 9.13 Å². The molecule has 98 heavy (non-hydrogen) atoms. The number of unbranched alkanes of at least 4 members (excludes halogenated alkanes) is 46. The van der Waals surface area contributed by atoms with Crippen LogP contribution >= 0.6 is 15.6 Å². The molecule has 0 aliphatic carbocycles.